The normalized spacial score (nSPS) is 14.0. The maximum absolute atomic E-state index is 14.9. The Morgan fingerprint density at radius 3 is 2.56 bits per heavy atom. The van der Waals surface area contributed by atoms with Crippen LogP contribution in [0.25, 0.3) is 33.4 Å². The van der Waals surface area contributed by atoms with Gasteiger partial charge in [-0.15, -0.1) is 0 Å². The van der Waals surface area contributed by atoms with Crippen molar-refractivity contribution in [2.45, 2.75) is 26.2 Å². The number of fused-ring (bicyclic) bond motifs is 1. The number of aromatic nitrogens is 3. The van der Waals surface area contributed by atoms with E-state index in [1.165, 1.54) is 31.0 Å². The van der Waals surface area contributed by atoms with Crippen LogP contribution in [-0.2, 0) is 0 Å². The fourth-order valence-corrected chi connectivity index (χ4v) is 4.65. The van der Waals surface area contributed by atoms with Crippen molar-refractivity contribution in [1.82, 2.24) is 15.2 Å². The SMILES string of the molecule is Cc1[nH]nc2nc(-c3cccc(Cl)c3F)c(C#N)c(-c3ccc(N4CCCCC4)cc3)c12. The minimum Gasteiger partial charge on any atom is -0.372 e. The van der Waals surface area contributed by atoms with Crippen LogP contribution >= 0.6 is 11.6 Å². The highest BCUT2D eigenvalue weighted by Crippen LogP contribution is 2.39. The van der Waals surface area contributed by atoms with Gasteiger partial charge in [0.2, 0.25) is 0 Å². The monoisotopic (exact) mass is 445 g/mol. The number of aryl methyl sites for hydroxylation is 1. The molecule has 1 N–H and O–H groups in total. The predicted molar refractivity (Wildman–Crippen MR) is 125 cm³/mol. The second kappa shape index (κ2) is 8.25. The average Bonchev–Trinajstić information content (AvgIpc) is 3.20. The van der Waals surface area contributed by atoms with Crippen molar-refractivity contribution in [3.05, 3.63) is 64.6 Å². The number of nitriles is 1. The van der Waals surface area contributed by atoms with Gasteiger partial charge in [-0.25, -0.2) is 9.37 Å². The maximum atomic E-state index is 14.9. The van der Waals surface area contributed by atoms with Gasteiger partial charge in [-0.2, -0.15) is 10.4 Å². The lowest BCUT2D eigenvalue weighted by Gasteiger charge is -2.29. The first-order chi connectivity index (χ1) is 15.6. The van der Waals surface area contributed by atoms with Crippen LogP contribution in [0.5, 0.6) is 0 Å². The van der Waals surface area contributed by atoms with E-state index in [1.54, 1.807) is 12.1 Å². The third-order valence-electron chi connectivity index (χ3n) is 6.08. The molecular formula is C25H21ClFN5. The molecule has 0 radical (unpaired) electrons. The molecule has 5 rings (SSSR count). The maximum Gasteiger partial charge on any atom is 0.182 e. The molecule has 0 saturated carbocycles. The Labute approximate surface area is 190 Å². The lowest BCUT2D eigenvalue weighted by atomic mass is 9.93. The molecule has 0 aliphatic carbocycles. The first-order valence-electron chi connectivity index (χ1n) is 10.7. The number of H-pyrrole nitrogens is 1. The molecule has 0 bridgehead atoms. The number of pyridine rings is 1. The zero-order valence-electron chi connectivity index (χ0n) is 17.6. The van der Waals surface area contributed by atoms with E-state index in [4.69, 9.17) is 11.6 Å². The average molecular weight is 446 g/mol. The Bertz CT molecular complexity index is 1350. The summed E-state index contributed by atoms with van der Waals surface area (Å²) in [7, 11) is 0. The first-order valence-corrected chi connectivity index (χ1v) is 11.0. The topological polar surface area (TPSA) is 68.6 Å². The van der Waals surface area contributed by atoms with Gasteiger partial charge in [-0.1, -0.05) is 29.8 Å². The van der Waals surface area contributed by atoms with Crippen molar-refractivity contribution in [2.24, 2.45) is 0 Å². The van der Waals surface area contributed by atoms with Gasteiger partial charge in [0.05, 0.1) is 21.7 Å². The lowest BCUT2D eigenvalue weighted by molar-refractivity contribution is 0.578. The van der Waals surface area contributed by atoms with E-state index < -0.39 is 5.82 Å². The summed E-state index contributed by atoms with van der Waals surface area (Å²) in [5, 5.41) is 18.1. The van der Waals surface area contributed by atoms with Crippen LogP contribution in [0.1, 0.15) is 30.5 Å². The number of halogens is 2. The third-order valence-corrected chi connectivity index (χ3v) is 6.37. The van der Waals surface area contributed by atoms with E-state index in [0.717, 1.165) is 29.7 Å². The van der Waals surface area contributed by atoms with Crippen LogP contribution < -0.4 is 4.90 Å². The first kappa shape index (κ1) is 20.5. The molecule has 3 heterocycles. The van der Waals surface area contributed by atoms with Crippen LogP contribution in [0.3, 0.4) is 0 Å². The molecule has 0 unspecified atom stereocenters. The van der Waals surface area contributed by atoms with E-state index in [9.17, 15) is 9.65 Å². The van der Waals surface area contributed by atoms with Crippen LogP contribution in [-0.4, -0.2) is 28.3 Å². The molecule has 0 amide bonds. The van der Waals surface area contributed by atoms with Crippen molar-refractivity contribution in [3.63, 3.8) is 0 Å². The number of rotatable bonds is 3. The van der Waals surface area contributed by atoms with Crippen LogP contribution in [0.2, 0.25) is 5.02 Å². The van der Waals surface area contributed by atoms with Crippen molar-refractivity contribution >= 4 is 28.3 Å². The fourth-order valence-electron chi connectivity index (χ4n) is 4.47. The van der Waals surface area contributed by atoms with Crippen molar-refractivity contribution in [3.8, 4) is 28.5 Å². The van der Waals surface area contributed by atoms with Crippen molar-refractivity contribution in [1.29, 1.82) is 5.26 Å². The molecule has 4 aromatic rings. The van der Waals surface area contributed by atoms with Gasteiger partial charge in [-0.05, 0) is 56.0 Å². The minimum atomic E-state index is -0.601. The third kappa shape index (κ3) is 3.39. The van der Waals surface area contributed by atoms with Crippen LogP contribution in [0.4, 0.5) is 10.1 Å². The summed E-state index contributed by atoms with van der Waals surface area (Å²) in [6, 6.07) is 15.2. The smallest absolute Gasteiger partial charge is 0.182 e. The van der Waals surface area contributed by atoms with Gasteiger partial charge < -0.3 is 4.90 Å². The Balaban J connectivity index is 1.72. The molecule has 0 spiro atoms. The Hall–Kier alpha value is -3.43. The summed E-state index contributed by atoms with van der Waals surface area (Å²) in [5.41, 5.74) is 4.69. The van der Waals surface area contributed by atoms with Crippen molar-refractivity contribution in [2.75, 3.05) is 18.0 Å². The Morgan fingerprint density at radius 2 is 1.84 bits per heavy atom. The van der Waals surface area contributed by atoms with Gasteiger partial charge >= 0.3 is 0 Å². The summed E-state index contributed by atoms with van der Waals surface area (Å²) in [5.74, 6) is -0.601. The molecule has 1 fully saturated rings. The molecule has 32 heavy (non-hydrogen) atoms. The van der Waals surface area contributed by atoms with Gasteiger partial charge in [0.25, 0.3) is 0 Å². The minimum absolute atomic E-state index is 0.0149. The van der Waals surface area contributed by atoms with Crippen LogP contribution in [0, 0.1) is 24.1 Å². The largest absolute Gasteiger partial charge is 0.372 e. The highest BCUT2D eigenvalue weighted by atomic mass is 35.5. The number of nitrogens with one attached hydrogen (secondary N) is 1. The van der Waals surface area contributed by atoms with E-state index >= 15 is 0 Å². The zero-order chi connectivity index (χ0) is 22.2. The number of hydrogen-bond donors (Lipinski definition) is 1. The summed E-state index contributed by atoms with van der Waals surface area (Å²) in [6.45, 7) is 4.01. The number of hydrogen-bond acceptors (Lipinski definition) is 4. The molecule has 5 nitrogen and oxygen atoms in total. The number of piperidine rings is 1. The van der Waals surface area contributed by atoms with Gasteiger partial charge in [0, 0.05) is 35.6 Å². The van der Waals surface area contributed by atoms with E-state index in [0.29, 0.717) is 16.8 Å². The molecule has 0 atom stereocenters. The Morgan fingerprint density at radius 1 is 1.09 bits per heavy atom. The number of benzene rings is 2. The molecule has 1 aliphatic rings. The van der Waals surface area contributed by atoms with E-state index in [2.05, 4.69) is 38.3 Å². The van der Waals surface area contributed by atoms with E-state index in [-0.39, 0.29) is 16.3 Å². The summed E-state index contributed by atoms with van der Waals surface area (Å²) < 4.78 is 14.9. The highest BCUT2D eigenvalue weighted by Gasteiger charge is 2.23. The highest BCUT2D eigenvalue weighted by molar-refractivity contribution is 6.31. The second-order valence-corrected chi connectivity index (χ2v) is 8.47. The standard InChI is InChI=1S/C25H21ClFN5/c1-15-21-22(16-8-10-17(11-9-16)32-12-3-2-4-13-32)19(14-28)24(29-25(21)31-30-15)18-6-5-7-20(26)23(18)27/h5-11H,2-4,12-13H2,1H3,(H,29,30,31). The summed E-state index contributed by atoms with van der Waals surface area (Å²) in [4.78, 5) is 6.93. The van der Waals surface area contributed by atoms with Gasteiger partial charge in [-0.3, -0.25) is 5.10 Å². The van der Waals surface area contributed by atoms with Crippen LogP contribution in [0.15, 0.2) is 42.5 Å². The molecule has 1 saturated heterocycles. The number of anilines is 1. The molecular weight excluding hydrogens is 425 g/mol. The summed E-state index contributed by atoms with van der Waals surface area (Å²) >= 11 is 6.02. The second-order valence-electron chi connectivity index (χ2n) is 8.07. The van der Waals surface area contributed by atoms with Crippen molar-refractivity contribution < 1.29 is 4.39 Å². The predicted octanol–water partition coefficient (Wildman–Crippen LogP) is 6.25. The Kier molecular flexibility index (Phi) is 5.28. The molecule has 2 aromatic heterocycles. The van der Waals surface area contributed by atoms with E-state index in [1.807, 2.05) is 19.1 Å². The molecule has 2 aromatic carbocycles. The van der Waals surface area contributed by atoms with Gasteiger partial charge in [0.15, 0.2) is 11.5 Å². The molecule has 1 aliphatic heterocycles. The fraction of sp³-hybridized carbons (Fsp3) is 0.240. The van der Waals surface area contributed by atoms with Gasteiger partial charge in [0.1, 0.15) is 6.07 Å². The number of nitrogens with zero attached hydrogens (tertiary/aromatic N) is 4. The molecule has 7 heteroatoms. The zero-order valence-corrected chi connectivity index (χ0v) is 18.4. The lowest BCUT2D eigenvalue weighted by Crippen LogP contribution is -2.29. The number of aromatic amines is 1. The molecule has 160 valence electrons. The quantitative estimate of drug-likeness (QED) is 0.404. The summed E-state index contributed by atoms with van der Waals surface area (Å²) in [6.07, 6.45) is 3.68.